The average molecular weight is 298 g/mol. The molecular weight excluding hydrogens is 284 g/mol. The molecular formula is C16H14N2O2S. The highest BCUT2D eigenvalue weighted by atomic mass is 32.1. The number of nitrogens with zero attached hydrogens (tertiary/aromatic N) is 1. The van der Waals surface area contributed by atoms with Crippen molar-refractivity contribution >= 4 is 32.6 Å². The number of para-hydroxylation sites is 1. The van der Waals surface area contributed by atoms with E-state index < -0.39 is 0 Å². The van der Waals surface area contributed by atoms with Crippen molar-refractivity contribution in [3.05, 3.63) is 53.6 Å². The molecule has 0 aliphatic rings. The third-order valence-corrected chi connectivity index (χ3v) is 4.14. The summed E-state index contributed by atoms with van der Waals surface area (Å²) in [6.45, 7) is 1.94. The first-order chi connectivity index (χ1) is 10.2. The van der Waals surface area contributed by atoms with Gasteiger partial charge < -0.3 is 4.74 Å². The maximum absolute atomic E-state index is 12.3. The van der Waals surface area contributed by atoms with Crippen LogP contribution in [0, 0.1) is 6.92 Å². The second kappa shape index (κ2) is 5.54. The van der Waals surface area contributed by atoms with Gasteiger partial charge in [0, 0.05) is 5.56 Å². The predicted octanol–water partition coefficient (Wildman–Crippen LogP) is 3.87. The van der Waals surface area contributed by atoms with E-state index in [9.17, 15) is 4.79 Å². The summed E-state index contributed by atoms with van der Waals surface area (Å²) in [7, 11) is 1.59. The van der Waals surface area contributed by atoms with Gasteiger partial charge in [-0.05, 0) is 36.8 Å². The summed E-state index contributed by atoms with van der Waals surface area (Å²) in [5, 5.41) is 3.43. The van der Waals surface area contributed by atoms with E-state index in [4.69, 9.17) is 4.74 Å². The third-order valence-electron chi connectivity index (χ3n) is 3.18. The normalized spacial score (nSPS) is 10.6. The van der Waals surface area contributed by atoms with Gasteiger partial charge in [0.15, 0.2) is 5.13 Å². The van der Waals surface area contributed by atoms with Crippen LogP contribution >= 0.6 is 11.3 Å². The fraction of sp³-hybridized carbons (Fsp3) is 0.125. The lowest BCUT2D eigenvalue weighted by Gasteiger charge is -2.07. The Bertz CT molecular complexity index is 778. The molecule has 1 amide bonds. The van der Waals surface area contributed by atoms with Gasteiger partial charge in [0.05, 0.1) is 17.3 Å². The van der Waals surface area contributed by atoms with E-state index in [0.29, 0.717) is 16.4 Å². The summed E-state index contributed by atoms with van der Waals surface area (Å²) < 4.78 is 6.29. The highest BCUT2D eigenvalue weighted by molar-refractivity contribution is 7.22. The zero-order valence-corrected chi connectivity index (χ0v) is 12.5. The van der Waals surface area contributed by atoms with Crippen LogP contribution in [-0.4, -0.2) is 18.0 Å². The average Bonchev–Trinajstić information content (AvgIpc) is 2.89. The van der Waals surface area contributed by atoms with E-state index in [2.05, 4.69) is 10.3 Å². The minimum Gasteiger partial charge on any atom is -0.496 e. The number of ether oxygens (including phenoxy) is 1. The monoisotopic (exact) mass is 298 g/mol. The molecule has 0 bridgehead atoms. The molecule has 1 aromatic heterocycles. The van der Waals surface area contributed by atoms with Gasteiger partial charge in [-0.3, -0.25) is 10.1 Å². The maximum Gasteiger partial charge on any atom is 0.257 e. The second-order valence-corrected chi connectivity index (χ2v) is 5.66. The zero-order chi connectivity index (χ0) is 14.8. The van der Waals surface area contributed by atoms with Crippen LogP contribution in [0.5, 0.6) is 5.75 Å². The molecule has 0 saturated heterocycles. The number of carbonyl (C=O) groups excluding carboxylic acids is 1. The second-order valence-electron chi connectivity index (χ2n) is 4.63. The number of carbonyl (C=O) groups is 1. The van der Waals surface area contributed by atoms with Gasteiger partial charge in [0.2, 0.25) is 0 Å². The lowest BCUT2D eigenvalue weighted by Crippen LogP contribution is -2.11. The van der Waals surface area contributed by atoms with Crippen LogP contribution in [0.3, 0.4) is 0 Å². The van der Waals surface area contributed by atoms with Crippen molar-refractivity contribution in [1.29, 1.82) is 0 Å². The van der Waals surface area contributed by atoms with Crippen molar-refractivity contribution in [1.82, 2.24) is 4.98 Å². The van der Waals surface area contributed by atoms with Gasteiger partial charge >= 0.3 is 0 Å². The molecule has 5 heteroatoms. The van der Waals surface area contributed by atoms with Crippen LogP contribution in [0.25, 0.3) is 10.2 Å². The summed E-state index contributed by atoms with van der Waals surface area (Å²) in [6, 6.07) is 13.2. The number of benzene rings is 2. The van der Waals surface area contributed by atoms with Crippen LogP contribution in [-0.2, 0) is 0 Å². The molecule has 0 atom stereocenters. The highest BCUT2D eigenvalue weighted by Gasteiger charge is 2.11. The lowest BCUT2D eigenvalue weighted by atomic mass is 10.1. The molecule has 2 aromatic carbocycles. The van der Waals surface area contributed by atoms with Crippen molar-refractivity contribution in [3.63, 3.8) is 0 Å². The SMILES string of the molecule is COc1cc(C(=O)Nc2nc3ccccc3s2)ccc1C. The topological polar surface area (TPSA) is 51.2 Å². The van der Waals surface area contributed by atoms with Crippen LogP contribution in [0.4, 0.5) is 5.13 Å². The summed E-state index contributed by atoms with van der Waals surface area (Å²) in [5.41, 5.74) is 2.44. The summed E-state index contributed by atoms with van der Waals surface area (Å²) >= 11 is 1.46. The van der Waals surface area contributed by atoms with E-state index in [1.807, 2.05) is 37.3 Å². The quantitative estimate of drug-likeness (QED) is 0.798. The number of nitrogens with one attached hydrogen (secondary N) is 1. The molecule has 21 heavy (non-hydrogen) atoms. The molecule has 1 N–H and O–H groups in total. The Balaban J connectivity index is 1.85. The third kappa shape index (κ3) is 2.73. The lowest BCUT2D eigenvalue weighted by molar-refractivity contribution is 0.102. The molecule has 1 heterocycles. The van der Waals surface area contributed by atoms with Gasteiger partial charge in [-0.15, -0.1) is 0 Å². The molecule has 0 aliphatic carbocycles. The Hall–Kier alpha value is -2.40. The molecule has 0 aliphatic heterocycles. The summed E-state index contributed by atoms with van der Waals surface area (Å²) in [6.07, 6.45) is 0. The number of fused-ring (bicyclic) bond motifs is 1. The predicted molar refractivity (Wildman–Crippen MR) is 85.3 cm³/mol. The molecule has 0 unspecified atom stereocenters. The first-order valence-corrected chi connectivity index (χ1v) is 7.30. The number of aryl methyl sites for hydroxylation is 1. The van der Waals surface area contributed by atoms with Crippen molar-refractivity contribution in [3.8, 4) is 5.75 Å². The number of rotatable bonds is 3. The van der Waals surface area contributed by atoms with Crippen molar-refractivity contribution in [2.24, 2.45) is 0 Å². The highest BCUT2D eigenvalue weighted by Crippen LogP contribution is 2.26. The van der Waals surface area contributed by atoms with Gasteiger partial charge in [-0.2, -0.15) is 0 Å². The molecule has 0 fully saturated rings. The standard InChI is InChI=1S/C16H14N2O2S/c1-10-7-8-11(9-13(10)20-2)15(19)18-16-17-12-5-3-4-6-14(12)21-16/h3-9H,1-2H3,(H,17,18,19). The van der Waals surface area contributed by atoms with Gasteiger partial charge in [0.25, 0.3) is 5.91 Å². The minimum absolute atomic E-state index is 0.188. The van der Waals surface area contributed by atoms with E-state index in [-0.39, 0.29) is 5.91 Å². The summed E-state index contributed by atoms with van der Waals surface area (Å²) in [5.74, 6) is 0.513. The Labute approximate surface area is 126 Å². The van der Waals surface area contributed by atoms with E-state index in [1.165, 1.54) is 11.3 Å². The van der Waals surface area contributed by atoms with Gasteiger partial charge in [0.1, 0.15) is 5.75 Å². The number of anilines is 1. The Morgan fingerprint density at radius 3 is 2.81 bits per heavy atom. The Morgan fingerprint density at radius 2 is 2.05 bits per heavy atom. The largest absolute Gasteiger partial charge is 0.496 e. The van der Waals surface area contributed by atoms with Crippen molar-refractivity contribution in [2.45, 2.75) is 6.92 Å². The number of aromatic nitrogens is 1. The Morgan fingerprint density at radius 1 is 1.24 bits per heavy atom. The van der Waals surface area contributed by atoms with Crippen LogP contribution < -0.4 is 10.1 Å². The first kappa shape index (κ1) is 13.6. The van der Waals surface area contributed by atoms with E-state index in [0.717, 1.165) is 15.8 Å². The van der Waals surface area contributed by atoms with E-state index in [1.54, 1.807) is 19.2 Å². The van der Waals surface area contributed by atoms with Crippen molar-refractivity contribution in [2.75, 3.05) is 12.4 Å². The molecule has 4 nitrogen and oxygen atoms in total. The first-order valence-electron chi connectivity index (χ1n) is 6.49. The fourth-order valence-electron chi connectivity index (χ4n) is 2.06. The van der Waals surface area contributed by atoms with Crippen molar-refractivity contribution < 1.29 is 9.53 Å². The zero-order valence-electron chi connectivity index (χ0n) is 11.7. The van der Waals surface area contributed by atoms with E-state index >= 15 is 0 Å². The number of amides is 1. The van der Waals surface area contributed by atoms with Crippen LogP contribution in [0.15, 0.2) is 42.5 Å². The smallest absolute Gasteiger partial charge is 0.257 e. The minimum atomic E-state index is -0.188. The number of thiazole rings is 1. The molecule has 3 rings (SSSR count). The fourth-order valence-corrected chi connectivity index (χ4v) is 2.92. The Kier molecular flexibility index (Phi) is 3.58. The molecule has 0 spiro atoms. The van der Waals surface area contributed by atoms with Gasteiger partial charge in [-0.25, -0.2) is 4.98 Å². The molecule has 3 aromatic rings. The maximum atomic E-state index is 12.3. The summed E-state index contributed by atoms with van der Waals surface area (Å²) in [4.78, 5) is 16.7. The van der Waals surface area contributed by atoms with Crippen LogP contribution in [0.2, 0.25) is 0 Å². The number of hydrogen-bond acceptors (Lipinski definition) is 4. The number of methoxy groups -OCH3 is 1. The molecule has 0 saturated carbocycles. The number of hydrogen-bond donors (Lipinski definition) is 1. The van der Waals surface area contributed by atoms with Gasteiger partial charge in [-0.1, -0.05) is 29.5 Å². The van der Waals surface area contributed by atoms with Crippen LogP contribution in [0.1, 0.15) is 15.9 Å². The molecule has 106 valence electrons. The molecule has 0 radical (unpaired) electrons.